The second-order valence-corrected chi connectivity index (χ2v) is 4.06. The van der Waals surface area contributed by atoms with E-state index >= 15 is 0 Å². The van der Waals surface area contributed by atoms with E-state index in [1.807, 2.05) is 19.1 Å². The van der Waals surface area contributed by atoms with Gasteiger partial charge in [0.2, 0.25) is 0 Å². The van der Waals surface area contributed by atoms with Crippen LogP contribution in [0.25, 0.3) is 0 Å². The summed E-state index contributed by atoms with van der Waals surface area (Å²) >= 11 is 3.29. The number of nitrogens with one attached hydrogen (secondary N) is 1. The molecule has 0 saturated carbocycles. The molecule has 0 spiro atoms. The molecular weight excluding hydrogens is 244 g/mol. The SMILES string of the molecule is COC(C)C(C)Nc1ccc(Br)nc1. The van der Waals surface area contributed by atoms with Gasteiger partial charge in [0.15, 0.2) is 0 Å². The van der Waals surface area contributed by atoms with Crippen LogP contribution in [0.15, 0.2) is 22.9 Å². The average Bonchev–Trinajstić information content (AvgIpc) is 2.20. The van der Waals surface area contributed by atoms with E-state index in [4.69, 9.17) is 4.74 Å². The van der Waals surface area contributed by atoms with Crippen molar-refractivity contribution in [3.8, 4) is 0 Å². The highest BCUT2D eigenvalue weighted by Crippen LogP contribution is 2.12. The van der Waals surface area contributed by atoms with Gasteiger partial charge in [-0.3, -0.25) is 0 Å². The first kappa shape index (κ1) is 11.5. The molecule has 0 amide bonds. The molecule has 1 aromatic rings. The summed E-state index contributed by atoms with van der Waals surface area (Å²) in [5.41, 5.74) is 1.00. The molecule has 0 aromatic carbocycles. The molecule has 78 valence electrons. The number of rotatable bonds is 4. The van der Waals surface area contributed by atoms with Crippen LogP contribution in [0.5, 0.6) is 0 Å². The van der Waals surface area contributed by atoms with Crippen molar-refractivity contribution in [1.29, 1.82) is 0 Å². The van der Waals surface area contributed by atoms with Crippen molar-refractivity contribution in [3.05, 3.63) is 22.9 Å². The lowest BCUT2D eigenvalue weighted by molar-refractivity contribution is 0.106. The smallest absolute Gasteiger partial charge is 0.106 e. The maximum absolute atomic E-state index is 5.22. The second-order valence-electron chi connectivity index (χ2n) is 3.24. The number of ether oxygens (including phenoxy) is 1. The van der Waals surface area contributed by atoms with Crippen molar-refractivity contribution < 1.29 is 4.74 Å². The Balaban J connectivity index is 2.56. The highest BCUT2D eigenvalue weighted by atomic mass is 79.9. The van der Waals surface area contributed by atoms with Crippen molar-refractivity contribution in [2.75, 3.05) is 12.4 Å². The Morgan fingerprint density at radius 3 is 2.64 bits per heavy atom. The number of anilines is 1. The Morgan fingerprint density at radius 1 is 1.43 bits per heavy atom. The van der Waals surface area contributed by atoms with E-state index in [0.29, 0.717) is 0 Å². The van der Waals surface area contributed by atoms with Crippen LogP contribution in [-0.4, -0.2) is 24.2 Å². The zero-order valence-corrected chi connectivity index (χ0v) is 10.2. The van der Waals surface area contributed by atoms with Crippen LogP contribution in [0, 0.1) is 0 Å². The number of nitrogens with zero attached hydrogens (tertiary/aromatic N) is 1. The summed E-state index contributed by atoms with van der Waals surface area (Å²) in [6.45, 7) is 4.11. The highest BCUT2D eigenvalue weighted by Gasteiger charge is 2.10. The molecule has 1 rings (SSSR count). The van der Waals surface area contributed by atoms with Gasteiger partial charge in [-0.15, -0.1) is 0 Å². The Labute approximate surface area is 93.0 Å². The lowest BCUT2D eigenvalue weighted by Crippen LogP contribution is -2.29. The van der Waals surface area contributed by atoms with Crippen molar-refractivity contribution in [3.63, 3.8) is 0 Å². The summed E-state index contributed by atoms with van der Waals surface area (Å²) in [5.74, 6) is 0. The molecule has 0 radical (unpaired) electrons. The van der Waals surface area contributed by atoms with Gasteiger partial charge >= 0.3 is 0 Å². The highest BCUT2D eigenvalue weighted by molar-refractivity contribution is 9.10. The first-order valence-electron chi connectivity index (χ1n) is 4.54. The molecular formula is C10H15BrN2O. The molecule has 14 heavy (non-hydrogen) atoms. The number of pyridine rings is 1. The van der Waals surface area contributed by atoms with Gasteiger partial charge in [0, 0.05) is 13.2 Å². The number of hydrogen-bond donors (Lipinski definition) is 1. The third kappa shape index (κ3) is 3.27. The minimum absolute atomic E-state index is 0.179. The Bertz CT molecular complexity index is 276. The molecule has 0 aliphatic heterocycles. The van der Waals surface area contributed by atoms with Crippen LogP contribution in [0.2, 0.25) is 0 Å². The van der Waals surface area contributed by atoms with Gasteiger partial charge in [0.1, 0.15) is 4.60 Å². The zero-order valence-electron chi connectivity index (χ0n) is 8.62. The molecule has 2 unspecified atom stereocenters. The maximum Gasteiger partial charge on any atom is 0.106 e. The van der Waals surface area contributed by atoms with Gasteiger partial charge in [0.25, 0.3) is 0 Å². The summed E-state index contributed by atoms with van der Waals surface area (Å²) in [5, 5.41) is 3.31. The van der Waals surface area contributed by atoms with Gasteiger partial charge in [-0.2, -0.15) is 0 Å². The molecule has 0 aliphatic carbocycles. The second kappa shape index (κ2) is 5.32. The maximum atomic E-state index is 5.22. The van der Waals surface area contributed by atoms with Gasteiger partial charge in [-0.25, -0.2) is 4.98 Å². The summed E-state index contributed by atoms with van der Waals surface area (Å²) in [7, 11) is 1.71. The first-order chi connectivity index (χ1) is 6.63. The summed E-state index contributed by atoms with van der Waals surface area (Å²) in [6.07, 6.45) is 1.97. The fourth-order valence-electron chi connectivity index (χ4n) is 1.05. The predicted octanol–water partition coefficient (Wildman–Crippen LogP) is 2.68. The molecule has 1 heterocycles. The van der Waals surface area contributed by atoms with E-state index in [1.54, 1.807) is 13.3 Å². The van der Waals surface area contributed by atoms with E-state index in [0.717, 1.165) is 10.3 Å². The van der Waals surface area contributed by atoms with Crippen LogP contribution in [0.4, 0.5) is 5.69 Å². The molecule has 2 atom stereocenters. The minimum Gasteiger partial charge on any atom is -0.380 e. The Hall–Kier alpha value is -0.610. The Kier molecular flexibility index (Phi) is 4.35. The quantitative estimate of drug-likeness (QED) is 0.844. The van der Waals surface area contributed by atoms with Crippen LogP contribution in [0.1, 0.15) is 13.8 Å². The van der Waals surface area contributed by atoms with Crippen molar-refractivity contribution >= 4 is 21.6 Å². The monoisotopic (exact) mass is 258 g/mol. The number of halogens is 1. The fourth-order valence-corrected chi connectivity index (χ4v) is 1.28. The molecule has 0 fully saturated rings. The summed E-state index contributed by atoms with van der Waals surface area (Å²) < 4.78 is 6.06. The zero-order chi connectivity index (χ0) is 10.6. The predicted molar refractivity (Wildman–Crippen MR) is 61.5 cm³/mol. The van der Waals surface area contributed by atoms with E-state index in [9.17, 15) is 0 Å². The van der Waals surface area contributed by atoms with Gasteiger partial charge in [-0.05, 0) is 41.9 Å². The van der Waals surface area contributed by atoms with Gasteiger partial charge < -0.3 is 10.1 Å². The third-order valence-electron chi connectivity index (χ3n) is 2.20. The van der Waals surface area contributed by atoms with Gasteiger partial charge in [-0.1, -0.05) is 0 Å². The lowest BCUT2D eigenvalue weighted by Gasteiger charge is -2.20. The van der Waals surface area contributed by atoms with Crippen LogP contribution in [-0.2, 0) is 4.74 Å². The van der Waals surface area contributed by atoms with Crippen LogP contribution in [0.3, 0.4) is 0 Å². The number of methoxy groups -OCH3 is 1. The molecule has 0 saturated heterocycles. The summed E-state index contributed by atoms with van der Waals surface area (Å²) in [6, 6.07) is 4.16. The van der Waals surface area contributed by atoms with Crippen molar-refractivity contribution in [1.82, 2.24) is 4.98 Å². The van der Waals surface area contributed by atoms with Crippen LogP contribution < -0.4 is 5.32 Å². The molecule has 1 aromatic heterocycles. The molecule has 0 aliphatic rings. The first-order valence-corrected chi connectivity index (χ1v) is 5.33. The number of aromatic nitrogens is 1. The Morgan fingerprint density at radius 2 is 2.14 bits per heavy atom. The van der Waals surface area contributed by atoms with E-state index in [-0.39, 0.29) is 12.1 Å². The van der Waals surface area contributed by atoms with Crippen LogP contribution >= 0.6 is 15.9 Å². The number of hydrogen-bond acceptors (Lipinski definition) is 3. The van der Waals surface area contributed by atoms with E-state index in [1.165, 1.54) is 0 Å². The van der Waals surface area contributed by atoms with E-state index < -0.39 is 0 Å². The third-order valence-corrected chi connectivity index (χ3v) is 2.67. The summed E-state index contributed by atoms with van der Waals surface area (Å²) in [4.78, 5) is 4.13. The average molecular weight is 259 g/mol. The van der Waals surface area contributed by atoms with Crippen molar-refractivity contribution in [2.45, 2.75) is 26.0 Å². The molecule has 1 N–H and O–H groups in total. The topological polar surface area (TPSA) is 34.1 Å². The lowest BCUT2D eigenvalue weighted by atomic mass is 10.2. The largest absolute Gasteiger partial charge is 0.380 e. The normalized spacial score (nSPS) is 14.9. The van der Waals surface area contributed by atoms with E-state index in [2.05, 4.69) is 33.2 Å². The van der Waals surface area contributed by atoms with Crippen molar-refractivity contribution in [2.24, 2.45) is 0 Å². The molecule has 3 nitrogen and oxygen atoms in total. The standard InChI is InChI=1S/C10H15BrN2O/c1-7(8(2)14-3)13-9-4-5-10(11)12-6-9/h4-8,13H,1-3H3. The minimum atomic E-state index is 0.179. The molecule has 0 bridgehead atoms. The molecule has 4 heteroatoms. The fraction of sp³-hybridized carbons (Fsp3) is 0.500. The van der Waals surface area contributed by atoms with Gasteiger partial charge in [0.05, 0.1) is 18.0 Å².